The monoisotopic (exact) mass is 240 g/mol. The first kappa shape index (κ1) is 14.5. The van der Waals surface area contributed by atoms with Crippen molar-refractivity contribution >= 4 is 5.91 Å². The molecule has 1 fully saturated rings. The van der Waals surface area contributed by atoms with Gasteiger partial charge in [0.2, 0.25) is 5.91 Å². The predicted molar refractivity (Wildman–Crippen MR) is 72.0 cm³/mol. The van der Waals surface area contributed by atoms with Crippen LogP contribution >= 0.6 is 0 Å². The van der Waals surface area contributed by atoms with E-state index >= 15 is 0 Å². The summed E-state index contributed by atoms with van der Waals surface area (Å²) in [5.41, 5.74) is 0. The Morgan fingerprint density at radius 1 is 1.24 bits per heavy atom. The summed E-state index contributed by atoms with van der Waals surface area (Å²) < 4.78 is 0. The zero-order chi connectivity index (χ0) is 12.3. The van der Waals surface area contributed by atoms with Crippen molar-refractivity contribution in [2.45, 2.75) is 70.8 Å². The molecule has 1 rings (SSSR count). The molecule has 1 heterocycles. The highest BCUT2D eigenvalue weighted by Crippen LogP contribution is 2.07. The van der Waals surface area contributed by atoms with Crippen LogP contribution in [0.3, 0.4) is 0 Å². The van der Waals surface area contributed by atoms with Gasteiger partial charge in [0.15, 0.2) is 0 Å². The van der Waals surface area contributed by atoms with Gasteiger partial charge in [-0.1, -0.05) is 39.0 Å². The van der Waals surface area contributed by atoms with Crippen molar-refractivity contribution in [3.8, 4) is 0 Å². The molecular weight excluding hydrogens is 212 g/mol. The second-order valence-corrected chi connectivity index (χ2v) is 5.13. The van der Waals surface area contributed by atoms with Gasteiger partial charge in [0.25, 0.3) is 0 Å². The van der Waals surface area contributed by atoms with Gasteiger partial charge >= 0.3 is 0 Å². The fourth-order valence-corrected chi connectivity index (χ4v) is 2.33. The number of hydrogen-bond donors (Lipinski definition) is 2. The summed E-state index contributed by atoms with van der Waals surface area (Å²) in [6, 6.07) is 0.362. The summed E-state index contributed by atoms with van der Waals surface area (Å²) in [6.45, 7) is 4.26. The standard InChI is InChI=1S/C14H28N2O/c1-2-3-4-5-6-10-14(17)16-13-9-7-8-11-15-12-13/h13,15H,2-12H2,1H3,(H,16,17). The van der Waals surface area contributed by atoms with Crippen LogP contribution in [0.1, 0.15) is 64.7 Å². The molecule has 1 atom stereocenters. The molecule has 1 amide bonds. The minimum atomic E-state index is 0.246. The molecule has 0 aromatic rings. The minimum absolute atomic E-state index is 0.246. The first-order chi connectivity index (χ1) is 8.33. The SMILES string of the molecule is CCCCCCCC(=O)NC1CCCCNC1. The van der Waals surface area contributed by atoms with Gasteiger partial charge in [-0.05, 0) is 25.8 Å². The lowest BCUT2D eigenvalue weighted by molar-refractivity contribution is -0.121. The lowest BCUT2D eigenvalue weighted by Gasteiger charge is -2.16. The Morgan fingerprint density at radius 2 is 2.06 bits per heavy atom. The van der Waals surface area contributed by atoms with E-state index in [1.165, 1.54) is 38.5 Å². The van der Waals surface area contributed by atoms with Crippen molar-refractivity contribution in [2.24, 2.45) is 0 Å². The molecule has 0 radical (unpaired) electrons. The van der Waals surface area contributed by atoms with Crippen molar-refractivity contribution in [1.29, 1.82) is 0 Å². The summed E-state index contributed by atoms with van der Waals surface area (Å²) in [4.78, 5) is 11.7. The Bertz CT molecular complexity index is 198. The highest BCUT2D eigenvalue weighted by molar-refractivity contribution is 5.76. The molecule has 3 heteroatoms. The molecule has 17 heavy (non-hydrogen) atoms. The molecule has 0 aromatic heterocycles. The van der Waals surface area contributed by atoms with Crippen LogP contribution in [-0.2, 0) is 4.79 Å². The van der Waals surface area contributed by atoms with E-state index in [4.69, 9.17) is 0 Å². The molecule has 0 spiro atoms. The van der Waals surface area contributed by atoms with Gasteiger partial charge in [0.1, 0.15) is 0 Å². The van der Waals surface area contributed by atoms with Gasteiger partial charge in [-0.15, -0.1) is 0 Å². The minimum Gasteiger partial charge on any atom is -0.352 e. The van der Waals surface area contributed by atoms with Gasteiger partial charge in [-0.25, -0.2) is 0 Å². The zero-order valence-electron chi connectivity index (χ0n) is 11.3. The number of hydrogen-bond acceptors (Lipinski definition) is 2. The van der Waals surface area contributed by atoms with Gasteiger partial charge in [0, 0.05) is 19.0 Å². The fourth-order valence-electron chi connectivity index (χ4n) is 2.33. The Morgan fingerprint density at radius 3 is 2.88 bits per heavy atom. The first-order valence-corrected chi connectivity index (χ1v) is 7.33. The number of nitrogens with one attached hydrogen (secondary N) is 2. The molecule has 1 saturated heterocycles. The lowest BCUT2D eigenvalue weighted by Crippen LogP contribution is -2.40. The van der Waals surface area contributed by atoms with Crippen molar-refractivity contribution in [1.82, 2.24) is 10.6 Å². The highest BCUT2D eigenvalue weighted by atomic mass is 16.1. The number of carbonyl (C=O) groups excluding carboxylic acids is 1. The molecule has 0 aliphatic carbocycles. The molecule has 0 aromatic carbocycles. The van der Waals surface area contributed by atoms with Gasteiger partial charge in [-0.3, -0.25) is 4.79 Å². The van der Waals surface area contributed by atoms with Crippen LogP contribution in [0.2, 0.25) is 0 Å². The van der Waals surface area contributed by atoms with Crippen LogP contribution in [0, 0.1) is 0 Å². The van der Waals surface area contributed by atoms with Crippen LogP contribution in [0.25, 0.3) is 0 Å². The smallest absolute Gasteiger partial charge is 0.220 e. The Kier molecular flexibility index (Phi) is 8.06. The molecule has 1 unspecified atom stereocenters. The number of rotatable bonds is 7. The second kappa shape index (κ2) is 9.46. The zero-order valence-corrected chi connectivity index (χ0v) is 11.3. The summed E-state index contributed by atoms with van der Waals surface area (Å²) in [5.74, 6) is 0.246. The van der Waals surface area contributed by atoms with Crippen LogP contribution < -0.4 is 10.6 Å². The Labute approximate surface area is 106 Å². The number of unbranched alkanes of at least 4 members (excludes halogenated alkanes) is 4. The maximum absolute atomic E-state index is 11.7. The van der Waals surface area contributed by atoms with Crippen LogP contribution in [0.4, 0.5) is 0 Å². The summed E-state index contributed by atoms with van der Waals surface area (Å²) in [7, 11) is 0. The molecule has 100 valence electrons. The highest BCUT2D eigenvalue weighted by Gasteiger charge is 2.13. The fraction of sp³-hybridized carbons (Fsp3) is 0.929. The van der Waals surface area contributed by atoms with Crippen LogP contribution in [0.5, 0.6) is 0 Å². The molecule has 1 aliphatic rings. The van der Waals surface area contributed by atoms with E-state index in [0.717, 1.165) is 25.9 Å². The van der Waals surface area contributed by atoms with E-state index < -0.39 is 0 Å². The normalized spacial score (nSPS) is 20.9. The van der Waals surface area contributed by atoms with Gasteiger partial charge in [0.05, 0.1) is 0 Å². The Balaban J connectivity index is 2.03. The first-order valence-electron chi connectivity index (χ1n) is 7.33. The Hall–Kier alpha value is -0.570. The largest absolute Gasteiger partial charge is 0.352 e. The molecule has 2 N–H and O–H groups in total. The van der Waals surface area contributed by atoms with Crippen molar-refractivity contribution in [3.63, 3.8) is 0 Å². The quantitative estimate of drug-likeness (QED) is 0.672. The number of carbonyl (C=O) groups is 1. The average Bonchev–Trinajstić information content (AvgIpc) is 2.57. The van der Waals surface area contributed by atoms with Crippen molar-refractivity contribution in [2.75, 3.05) is 13.1 Å². The van der Waals surface area contributed by atoms with E-state index in [9.17, 15) is 4.79 Å². The third-order valence-electron chi connectivity index (χ3n) is 3.42. The summed E-state index contributed by atoms with van der Waals surface area (Å²) >= 11 is 0. The summed E-state index contributed by atoms with van der Waals surface area (Å²) in [6.07, 6.45) is 10.4. The third-order valence-corrected chi connectivity index (χ3v) is 3.42. The third kappa shape index (κ3) is 7.37. The predicted octanol–water partition coefficient (Wildman–Crippen LogP) is 2.61. The topological polar surface area (TPSA) is 41.1 Å². The van der Waals surface area contributed by atoms with E-state index in [-0.39, 0.29) is 5.91 Å². The van der Waals surface area contributed by atoms with E-state index in [2.05, 4.69) is 17.6 Å². The molecule has 0 bridgehead atoms. The van der Waals surface area contributed by atoms with Crippen molar-refractivity contribution in [3.05, 3.63) is 0 Å². The number of amides is 1. The second-order valence-electron chi connectivity index (χ2n) is 5.13. The lowest BCUT2D eigenvalue weighted by atomic mass is 10.1. The van der Waals surface area contributed by atoms with Crippen molar-refractivity contribution < 1.29 is 4.79 Å². The van der Waals surface area contributed by atoms with Gasteiger partial charge < -0.3 is 10.6 Å². The maximum atomic E-state index is 11.7. The molecule has 3 nitrogen and oxygen atoms in total. The molecule has 1 aliphatic heterocycles. The van der Waals surface area contributed by atoms with E-state index in [0.29, 0.717) is 12.5 Å². The molecule has 0 saturated carbocycles. The summed E-state index contributed by atoms with van der Waals surface area (Å²) in [5, 5.41) is 6.52. The van der Waals surface area contributed by atoms with Crippen LogP contribution in [0.15, 0.2) is 0 Å². The maximum Gasteiger partial charge on any atom is 0.220 e. The molecular formula is C14H28N2O. The average molecular weight is 240 g/mol. The van der Waals surface area contributed by atoms with E-state index in [1.807, 2.05) is 0 Å². The van der Waals surface area contributed by atoms with E-state index in [1.54, 1.807) is 0 Å². The van der Waals surface area contributed by atoms with Gasteiger partial charge in [-0.2, -0.15) is 0 Å². The van der Waals surface area contributed by atoms with Crippen LogP contribution in [-0.4, -0.2) is 25.0 Å².